The van der Waals surface area contributed by atoms with Gasteiger partial charge in [0.1, 0.15) is 18.2 Å². The number of benzene rings is 1. The van der Waals surface area contributed by atoms with Crippen molar-refractivity contribution in [1.82, 2.24) is 14.8 Å². The predicted molar refractivity (Wildman–Crippen MR) is 69.1 cm³/mol. The number of ether oxygens (including phenoxy) is 1. The summed E-state index contributed by atoms with van der Waals surface area (Å²) >= 11 is 0. The lowest BCUT2D eigenvalue weighted by Gasteiger charge is -2.10. The molecule has 0 spiro atoms. The van der Waals surface area contributed by atoms with E-state index in [1.54, 1.807) is 0 Å². The number of nitrogens with zero attached hydrogens (tertiary/aromatic N) is 3. The van der Waals surface area contributed by atoms with Gasteiger partial charge in [0.05, 0.1) is 0 Å². The third kappa shape index (κ3) is 2.51. The van der Waals surface area contributed by atoms with Crippen LogP contribution < -0.4 is 10.5 Å². The first-order valence-corrected chi connectivity index (χ1v) is 5.89. The van der Waals surface area contributed by atoms with Crippen molar-refractivity contribution in [3.8, 4) is 5.75 Å². The first kappa shape index (κ1) is 12.6. The molecule has 2 aromatic rings. The van der Waals surface area contributed by atoms with Gasteiger partial charge in [-0.3, -0.25) is 0 Å². The van der Waals surface area contributed by atoms with Gasteiger partial charge in [0.15, 0.2) is 5.82 Å². The Morgan fingerprint density at radius 2 is 2.06 bits per heavy atom. The van der Waals surface area contributed by atoms with Crippen LogP contribution in [0, 0.1) is 13.8 Å². The van der Waals surface area contributed by atoms with Crippen LogP contribution in [-0.2, 0) is 20.2 Å². The molecular weight excluding hydrogens is 228 g/mol. The van der Waals surface area contributed by atoms with E-state index in [1.807, 2.05) is 43.7 Å². The smallest absolute Gasteiger partial charge is 0.170 e. The van der Waals surface area contributed by atoms with Crippen LogP contribution in [0.5, 0.6) is 5.75 Å². The third-order valence-corrected chi connectivity index (χ3v) is 3.03. The van der Waals surface area contributed by atoms with E-state index in [2.05, 4.69) is 10.2 Å². The van der Waals surface area contributed by atoms with Crippen molar-refractivity contribution < 1.29 is 4.74 Å². The molecule has 1 aromatic carbocycles. The van der Waals surface area contributed by atoms with Crippen molar-refractivity contribution in [2.75, 3.05) is 0 Å². The SMILES string of the molecule is Cc1ccc(CN)cc1OCc1nnc(C)n1C. The Bertz CT molecular complexity index is 548. The molecule has 0 aliphatic heterocycles. The highest BCUT2D eigenvalue weighted by molar-refractivity contribution is 5.36. The van der Waals surface area contributed by atoms with Gasteiger partial charge < -0.3 is 15.0 Å². The largest absolute Gasteiger partial charge is 0.485 e. The number of rotatable bonds is 4. The Kier molecular flexibility index (Phi) is 3.62. The van der Waals surface area contributed by atoms with Gasteiger partial charge in [0.2, 0.25) is 0 Å². The van der Waals surface area contributed by atoms with Crippen molar-refractivity contribution in [2.45, 2.75) is 27.0 Å². The Morgan fingerprint density at radius 1 is 1.28 bits per heavy atom. The number of nitrogens with two attached hydrogens (primary N) is 1. The first-order chi connectivity index (χ1) is 8.61. The van der Waals surface area contributed by atoms with Crippen molar-refractivity contribution in [1.29, 1.82) is 0 Å². The summed E-state index contributed by atoms with van der Waals surface area (Å²) in [5, 5.41) is 8.06. The average Bonchev–Trinajstić information content (AvgIpc) is 2.69. The minimum Gasteiger partial charge on any atom is -0.485 e. The van der Waals surface area contributed by atoms with E-state index in [9.17, 15) is 0 Å². The number of aromatic nitrogens is 3. The lowest BCUT2D eigenvalue weighted by Crippen LogP contribution is -2.06. The zero-order valence-electron chi connectivity index (χ0n) is 11.0. The van der Waals surface area contributed by atoms with Gasteiger partial charge in [-0.25, -0.2) is 0 Å². The molecular formula is C13H18N4O. The van der Waals surface area contributed by atoms with Crippen LogP contribution in [0.15, 0.2) is 18.2 Å². The molecule has 18 heavy (non-hydrogen) atoms. The maximum absolute atomic E-state index is 5.78. The van der Waals surface area contributed by atoms with E-state index >= 15 is 0 Å². The molecule has 0 aliphatic rings. The van der Waals surface area contributed by atoms with Gasteiger partial charge >= 0.3 is 0 Å². The number of aryl methyl sites for hydroxylation is 2. The van der Waals surface area contributed by atoms with Gasteiger partial charge in [-0.2, -0.15) is 0 Å². The molecule has 1 heterocycles. The van der Waals surface area contributed by atoms with E-state index in [0.717, 1.165) is 28.5 Å². The summed E-state index contributed by atoms with van der Waals surface area (Å²) in [6.07, 6.45) is 0. The fourth-order valence-electron chi connectivity index (χ4n) is 1.65. The van der Waals surface area contributed by atoms with Crippen LogP contribution in [0.4, 0.5) is 0 Å². The quantitative estimate of drug-likeness (QED) is 0.887. The highest BCUT2D eigenvalue weighted by atomic mass is 16.5. The highest BCUT2D eigenvalue weighted by Gasteiger charge is 2.07. The second-order valence-electron chi connectivity index (χ2n) is 4.32. The summed E-state index contributed by atoms with van der Waals surface area (Å²) in [6.45, 7) is 4.85. The van der Waals surface area contributed by atoms with Gasteiger partial charge in [-0.05, 0) is 31.0 Å². The molecule has 5 nitrogen and oxygen atoms in total. The van der Waals surface area contributed by atoms with Gasteiger partial charge in [0.25, 0.3) is 0 Å². The van der Waals surface area contributed by atoms with E-state index in [-0.39, 0.29) is 0 Å². The number of hydrogen-bond acceptors (Lipinski definition) is 4. The summed E-state index contributed by atoms with van der Waals surface area (Å²) in [4.78, 5) is 0. The minimum atomic E-state index is 0.409. The van der Waals surface area contributed by atoms with E-state index in [1.165, 1.54) is 0 Å². The molecule has 0 amide bonds. The molecule has 0 unspecified atom stereocenters. The molecule has 0 atom stereocenters. The Labute approximate surface area is 107 Å². The third-order valence-electron chi connectivity index (χ3n) is 3.03. The van der Waals surface area contributed by atoms with Crippen LogP contribution in [0.1, 0.15) is 22.8 Å². The maximum Gasteiger partial charge on any atom is 0.170 e. The van der Waals surface area contributed by atoms with Crippen LogP contribution in [0.3, 0.4) is 0 Å². The zero-order valence-corrected chi connectivity index (χ0v) is 11.0. The van der Waals surface area contributed by atoms with Gasteiger partial charge in [0, 0.05) is 13.6 Å². The molecule has 1 aromatic heterocycles. The summed E-state index contributed by atoms with van der Waals surface area (Å²) in [7, 11) is 1.93. The van der Waals surface area contributed by atoms with Crippen molar-refractivity contribution in [3.05, 3.63) is 41.0 Å². The standard InChI is InChI=1S/C13H18N4O/c1-9-4-5-11(7-14)6-12(9)18-8-13-16-15-10(2)17(13)3/h4-6H,7-8,14H2,1-3H3. The highest BCUT2D eigenvalue weighted by Crippen LogP contribution is 2.20. The fourth-order valence-corrected chi connectivity index (χ4v) is 1.65. The van der Waals surface area contributed by atoms with Crippen LogP contribution in [0.25, 0.3) is 0 Å². The molecule has 0 bridgehead atoms. The zero-order chi connectivity index (χ0) is 13.1. The lowest BCUT2D eigenvalue weighted by atomic mass is 10.1. The van der Waals surface area contributed by atoms with Crippen LogP contribution >= 0.6 is 0 Å². The van der Waals surface area contributed by atoms with Gasteiger partial charge in [-0.1, -0.05) is 12.1 Å². The van der Waals surface area contributed by atoms with Crippen molar-refractivity contribution >= 4 is 0 Å². The minimum absolute atomic E-state index is 0.409. The summed E-state index contributed by atoms with van der Waals surface area (Å²) in [6, 6.07) is 5.99. The molecule has 2 rings (SSSR count). The second-order valence-corrected chi connectivity index (χ2v) is 4.32. The summed E-state index contributed by atoms with van der Waals surface area (Å²) < 4.78 is 7.70. The molecule has 0 saturated heterocycles. The average molecular weight is 246 g/mol. The normalized spacial score (nSPS) is 10.7. The monoisotopic (exact) mass is 246 g/mol. The molecule has 0 fully saturated rings. The topological polar surface area (TPSA) is 66.0 Å². The molecule has 0 aliphatic carbocycles. The summed E-state index contributed by atoms with van der Waals surface area (Å²) in [5.74, 6) is 2.53. The van der Waals surface area contributed by atoms with Crippen molar-refractivity contribution in [3.63, 3.8) is 0 Å². The lowest BCUT2D eigenvalue weighted by molar-refractivity contribution is 0.289. The molecule has 5 heteroatoms. The maximum atomic E-state index is 5.78. The Hall–Kier alpha value is -1.88. The van der Waals surface area contributed by atoms with Crippen LogP contribution in [0.2, 0.25) is 0 Å². The Morgan fingerprint density at radius 3 is 2.67 bits per heavy atom. The van der Waals surface area contributed by atoms with Crippen molar-refractivity contribution in [2.24, 2.45) is 12.8 Å². The second kappa shape index (κ2) is 5.18. The van der Waals surface area contributed by atoms with Gasteiger partial charge in [-0.15, -0.1) is 10.2 Å². The van der Waals surface area contributed by atoms with E-state index < -0.39 is 0 Å². The molecule has 0 radical (unpaired) electrons. The molecule has 96 valence electrons. The van der Waals surface area contributed by atoms with Crippen LogP contribution in [-0.4, -0.2) is 14.8 Å². The predicted octanol–water partition coefficient (Wildman–Crippen LogP) is 1.47. The van der Waals surface area contributed by atoms with E-state index in [0.29, 0.717) is 13.2 Å². The number of hydrogen-bond donors (Lipinski definition) is 1. The van der Waals surface area contributed by atoms with E-state index in [4.69, 9.17) is 10.5 Å². The molecule has 0 saturated carbocycles. The fraction of sp³-hybridized carbons (Fsp3) is 0.385. The Balaban J connectivity index is 2.12. The summed E-state index contributed by atoms with van der Waals surface area (Å²) in [5.41, 5.74) is 7.77. The molecule has 2 N–H and O–H groups in total. The first-order valence-electron chi connectivity index (χ1n) is 5.89.